The lowest BCUT2D eigenvalue weighted by Gasteiger charge is -2.49. The van der Waals surface area contributed by atoms with Crippen LogP contribution in [-0.4, -0.2) is 56.3 Å². The molecule has 0 aliphatic carbocycles. The van der Waals surface area contributed by atoms with Gasteiger partial charge in [0.25, 0.3) is 5.91 Å². The molecule has 0 radical (unpaired) electrons. The SMILES string of the molecule is CN(Cc1ccccc1)C(=O)c1nc2ccccn2c1CN(C)C1CC(C)(C)NC(C)(C)C1. The molecule has 3 aromatic rings. The summed E-state index contributed by atoms with van der Waals surface area (Å²) in [5.74, 6) is -0.0445. The monoisotopic (exact) mass is 447 g/mol. The highest BCUT2D eigenvalue weighted by Crippen LogP contribution is 2.32. The van der Waals surface area contributed by atoms with Gasteiger partial charge in [-0.05, 0) is 65.3 Å². The number of fused-ring (bicyclic) bond motifs is 1. The van der Waals surface area contributed by atoms with E-state index >= 15 is 0 Å². The van der Waals surface area contributed by atoms with Gasteiger partial charge >= 0.3 is 0 Å². The number of imidazole rings is 1. The van der Waals surface area contributed by atoms with Crippen molar-refractivity contribution in [3.63, 3.8) is 0 Å². The summed E-state index contributed by atoms with van der Waals surface area (Å²) in [7, 11) is 4.02. The third kappa shape index (κ3) is 5.28. The number of carbonyl (C=O) groups is 1. The molecule has 0 spiro atoms. The van der Waals surface area contributed by atoms with Gasteiger partial charge in [-0.2, -0.15) is 0 Å². The molecule has 33 heavy (non-hydrogen) atoms. The van der Waals surface area contributed by atoms with Gasteiger partial charge in [0.2, 0.25) is 0 Å². The summed E-state index contributed by atoms with van der Waals surface area (Å²) in [5.41, 5.74) is 3.54. The van der Waals surface area contributed by atoms with Gasteiger partial charge in [-0.3, -0.25) is 9.69 Å². The van der Waals surface area contributed by atoms with Crippen LogP contribution in [0, 0.1) is 0 Å². The fourth-order valence-corrected chi connectivity index (χ4v) is 5.42. The molecule has 1 aromatic carbocycles. The maximum atomic E-state index is 13.5. The van der Waals surface area contributed by atoms with E-state index in [1.165, 1.54) is 0 Å². The number of carbonyl (C=O) groups excluding carboxylic acids is 1. The number of piperidine rings is 1. The molecule has 0 bridgehead atoms. The summed E-state index contributed by atoms with van der Waals surface area (Å²) in [4.78, 5) is 22.4. The number of benzene rings is 1. The lowest BCUT2D eigenvalue weighted by atomic mass is 9.79. The lowest BCUT2D eigenvalue weighted by molar-refractivity contribution is 0.0734. The van der Waals surface area contributed by atoms with Gasteiger partial charge in [0.05, 0.1) is 5.69 Å². The molecule has 1 N–H and O–H groups in total. The second kappa shape index (κ2) is 8.92. The minimum absolute atomic E-state index is 0.0445. The van der Waals surface area contributed by atoms with Crippen LogP contribution in [0.5, 0.6) is 0 Å². The Hall–Kier alpha value is -2.70. The molecule has 1 aliphatic rings. The summed E-state index contributed by atoms with van der Waals surface area (Å²) in [6.45, 7) is 10.3. The van der Waals surface area contributed by atoms with Gasteiger partial charge in [-0.1, -0.05) is 36.4 Å². The molecule has 3 heterocycles. The summed E-state index contributed by atoms with van der Waals surface area (Å²) < 4.78 is 2.07. The molecule has 176 valence electrons. The quantitative estimate of drug-likeness (QED) is 0.611. The number of nitrogens with one attached hydrogen (secondary N) is 1. The topological polar surface area (TPSA) is 52.9 Å². The van der Waals surface area contributed by atoms with Crippen molar-refractivity contribution in [3.05, 3.63) is 71.7 Å². The molecule has 4 rings (SSSR count). The Bertz CT molecular complexity index is 1100. The summed E-state index contributed by atoms with van der Waals surface area (Å²) in [6, 6.07) is 16.4. The first-order valence-electron chi connectivity index (χ1n) is 11.8. The second-order valence-corrected chi connectivity index (χ2v) is 10.9. The standard InChI is InChI=1S/C27H37N5O/c1-26(2)16-21(17-27(3,4)29-26)30(5)19-22-24(28-23-14-10-11-15-32(22)23)25(33)31(6)18-20-12-8-7-9-13-20/h7-15,21,29H,16-19H2,1-6H3. The molecule has 2 aromatic heterocycles. The first-order valence-corrected chi connectivity index (χ1v) is 11.8. The highest BCUT2D eigenvalue weighted by Gasteiger charge is 2.39. The Kier molecular flexibility index (Phi) is 6.34. The van der Waals surface area contributed by atoms with E-state index in [2.05, 4.69) is 49.4 Å². The molecular formula is C27H37N5O. The van der Waals surface area contributed by atoms with Crippen molar-refractivity contribution >= 4 is 11.6 Å². The zero-order chi connectivity index (χ0) is 23.8. The first-order chi connectivity index (χ1) is 15.5. The van der Waals surface area contributed by atoms with Crippen molar-refractivity contribution in [3.8, 4) is 0 Å². The minimum atomic E-state index is -0.0445. The molecule has 6 heteroatoms. The molecule has 0 saturated carbocycles. The maximum absolute atomic E-state index is 13.5. The van der Waals surface area contributed by atoms with Crippen LogP contribution in [0.4, 0.5) is 0 Å². The van der Waals surface area contributed by atoms with Crippen molar-refractivity contribution in [1.29, 1.82) is 0 Å². The predicted molar refractivity (Wildman–Crippen MR) is 133 cm³/mol. The van der Waals surface area contributed by atoms with Crippen LogP contribution in [0.2, 0.25) is 0 Å². The summed E-state index contributed by atoms with van der Waals surface area (Å²) in [5, 5.41) is 3.77. The predicted octanol–water partition coefficient (Wildman–Crippen LogP) is 4.35. The number of aromatic nitrogens is 2. The van der Waals surface area contributed by atoms with E-state index in [0.29, 0.717) is 24.8 Å². The van der Waals surface area contributed by atoms with E-state index < -0.39 is 0 Å². The Morgan fingerprint density at radius 1 is 1.00 bits per heavy atom. The van der Waals surface area contributed by atoms with Gasteiger partial charge in [0, 0.05) is 43.5 Å². The van der Waals surface area contributed by atoms with Gasteiger partial charge in [-0.25, -0.2) is 4.98 Å². The van der Waals surface area contributed by atoms with Crippen molar-refractivity contribution in [2.45, 2.75) is 70.7 Å². The van der Waals surface area contributed by atoms with Crippen LogP contribution < -0.4 is 5.32 Å². The molecule has 0 atom stereocenters. The van der Waals surface area contributed by atoms with Crippen LogP contribution in [0.15, 0.2) is 54.7 Å². The third-order valence-electron chi connectivity index (χ3n) is 6.63. The first kappa shape index (κ1) is 23.5. The molecular weight excluding hydrogens is 410 g/mol. The summed E-state index contributed by atoms with van der Waals surface area (Å²) >= 11 is 0. The average molecular weight is 448 g/mol. The Labute approximate surface area is 197 Å². The van der Waals surface area contributed by atoms with Gasteiger partial charge in [0.15, 0.2) is 5.69 Å². The number of hydrogen-bond acceptors (Lipinski definition) is 4. The average Bonchev–Trinajstić information content (AvgIpc) is 3.10. The third-order valence-corrected chi connectivity index (χ3v) is 6.63. The van der Waals surface area contributed by atoms with Gasteiger partial charge in [-0.15, -0.1) is 0 Å². The molecule has 1 aliphatic heterocycles. The van der Waals surface area contributed by atoms with Crippen LogP contribution in [0.25, 0.3) is 5.65 Å². The van der Waals surface area contributed by atoms with E-state index in [0.717, 1.165) is 29.7 Å². The fraction of sp³-hybridized carbons (Fsp3) is 0.481. The minimum Gasteiger partial charge on any atom is -0.336 e. The maximum Gasteiger partial charge on any atom is 0.274 e. The number of rotatable bonds is 6. The zero-order valence-electron chi connectivity index (χ0n) is 20.8. The highest BCUT2D eigenvalue weighted by atomic mass is 16.2. The number of nitrogens with zero attached hydrogens (tertiary/aromatic N) is 4. The largest absolute Gasteiger partial charge is 0.336 e. The van der Waals surface area contributed by atoms with Crippen molar-refractivity contribution in [1.82, 2.24) is 24.5 Å². The van der Waals surface area contributed by atoms with Crippen LogP contribution in [0.1, 0.15) is 62.3 Å². The Morgan fingerprint density at radius 2 is 1.64 bits per heavy atom. The van der Waals surface area contributed by atoms with Crippen molar-refractivity contribution in [2.75, 3.05) is 14.1 Å². The van der Waals surface area contributed by atoms with E-state index in [-0.39, 0.29) is 17.0 Å². The van der Waals surface area contributed by atoms with Crippen LogP contribution >= 0.6 is 0 Å². The fourth-order valence-electron chi connectivity index (χ4n) is 5.42. The van der Waals surface area contributed by atoms with Crippen LogP contribution in [-0.2, 0) is 13.1 Å². The second-order valence-electron chi connectivity index (χ2n) is 10.9. The van der Waals surface area contributed by atoms with Gasteiger partial charge < -0.3 is 14.6 Å². The number of pyridine rings is 1. The normalized spacial score (nSPS) is 18.0. The molecule has 1 fully saturated rings. The summed E-state index contributed by atoms with van der Waals surface area (Å²) in [6.07, 6.45) is 4.12. The number of hydrogen-bond donors (Lipinski definition) is 1. The van der Waals surface area contributed by atoms with Crippen molar-refractivity contribution < 1.29 is 4.79 Å². The Morgan fingerprint density at radius 3 is 2.30 bits per heavy atom. The van der Waals surface area contributed by atoms with Gasteiger partial charge in [0.1, 0.15) is 5.65 Å². The van der Waals surface area contributed by atoms with E-state index in [9.17, 15) is 4.79 Å². The number of amides is 1. The molecule has 6 nitrogen and oxygen atoms in total. The van der Waals surface area contributed by atoms with E-state index in [1.807, 2.05) is 61.8 Å². The van der Waals surface area contributed by atoms with E-state index in [1.54, 1.807) is 4.90 Å². The van der Waals surface area contributed by atoms with Crippen LogP contribution in [0.3, 0.4) is 0 Å². The molecule has 1 saturated heterocycles. The molecule has 0 unspecified atom stereocenters. The highest BCUT2D eigenvalue weighted by molar-refractivity contribution is 5.94. The van der Waals surface area contributed by atoms with E-state index in [4.69, 9.17) is 4.98 Å². The lowest BCUT2D eigenvalue weighted by Crippen LogP contribution is -2.61. The molecule has 1 amide bonds. The Balaban J connectivity index is 1.62. The zero-order valence-corrected chi connectivity index (χ0v) is 20.8. The smallest absolute Gasteiger partial charge is 0.274 e. The van der Waals surface area contributed by atoms with Crippen molar-refractivity contribution in [2.24, 2.45) is 0 Å².